The van der Waals surface area contributed by atoms with Gasteiger partial charge in [0.15, 0.2) is 5.78 Å². The highest BCUT2D eigenvalue weighted by Gasteiger charge is 2.21. The molecule has 0 aliphatic rings. The van der Waals surface area contributed by atoms with Crippen molar-refractivity contribution in [1.29, 1.82) is 0 Å². The fraction of sp³-hybridized carbons (Fsp3) is 0.115. The molecule has 1 heterocycles. The van der Waals surface area contributed by atoms with Crippen LogP contribution >= 0.6 is 0 Å². The Morgan fingerprint density at radius 3 is 2.16 bits per heavy atom. The molecule has 0 saturated heterocycles. The van der Waals surface area contributed by atoms with Crippen LogP contribution < -0.4 is 0 Å². The SMILES string of the molecule is Cc1nn(Cc2ccccc2C(=O)c2ccccc2)c(-c2ccccc2)c1CC(=O)O. The molecule has 5 heteroatoms. The van der Waals surface area contributed by atoms with E-state index in [1.54, 1.807) is 16.8 Å². The Balaban J connectivity index is 1.79. The molecule has 0 atom stereocenters. The summed E-state index contributed by atoms with van der Waals surface area (Å²) >= 11 is 0. The largest absolute Gasteiger partial charge is 0.481 e. The molecule has 1 N–H and O–H groups in total. The van der Waals surface area contributed by atoms with Gasteiger partial charge in [-0.15, -0.1) is 0 Å². The second kappa shape index (κ2) is 8.79. The highest BCUT2D eigenvalue weighted by Crippen LogP contribution is 2.28. The van der Waals surface area contributed by atoms with Gasteiger partial charge >= 0.3 is 5.97 Å². The number of ketones is 1. The molecule has 154 valence electrons. The lowest BCUT2D eigenvalue weighted by Crippen LogP contribution is -2.11. The minimum atomic E-state index is -0.903. The molecule has 0 aliphatic heterocycles. The van der Waals surface area contributed by atoms with Gasteiger partial charge in [-0.25, -0.2) is 0 Å². The van der Waals surface area contributed by atoms with E-state index >= 15 is 0 Å². The number of aryl methyl sites for hydroxylation is 1. The molecular formula is C26H22N2O3. The molecule has 31 heavy (non-hydrogen) atoms. The fourth-order valence-corrected chi connectivity index (χ4v) is 3.80. The maximum absolute atomic E-state index is 13.1. The number of carbonyl (C=O) groups is 2. The van der Waals surface area contributed by atoms with Crippen LogP contribution in [0.25, 0.3) is 11.3 Å². The highest BCUT2D eigenvalue weighted by molar-refractivity contribution is 6.09. The lowest BCUT2D eigenvalue weighted by atomic mass is 9.98. The van der Waals surface area contributed by atoms with Gasteiger partial charge in [0.1, 0.15) is 0 Å². The topological polar surface area (TPSA) is 72.2 Å². The Kier molecular flexibility index (Phi) is 5.76. The van der Waals surface area contributed by atoms with Crippen LogP contribution in [-0.2, 0) is 17.8 Å². The van der Waals surface area contributed by atoms with Crippen LogP contribution in [0, 0.1) is 6.92 Å². The third-order valence-electron chi connectivity index (χ3n) is 5.24. The number of aromatic nitrogens is 2. The Bertz CT molecular complexity index is 1230. The summed E-state index contributed by atoms with van der Waals surface area (Å²) in [4.78, 5) is 24.6. The summed E-state index contributed by atoms with van der Waals surface area (Å²) in [6, 6.07) is 26.3. The third-order valence-corrected chi connectivity index (χ3v) is 5.24. The summed E-state index contributed by atoms with van der Waals surface area (Å²) in [5.41, 5.74) is 5.09. The Hall–Kier alpha value is -3.99. The molecule has 0 unspecified atom stereocenters. The van der Waals surface area contributed by atoms with E-state index in [4.69, 9.17) is 0 Å². The van der Waals surface area contributed by atoms with Crippen LogP contribution in [0.1, 0.15) is 32.7 Å². The van der Waals surface area contributed by atoms with E-state index in [0.717, 1.165) is 16.8 Å². The molecule has 0 spiro atoms. The van der Waals surface area contributed by atoms with E-state index < -0.39 is 5.97 Å². The molecule has 4 aromatic rings. The quantitative estimate of drug-likeness (QED) is 0.446. The molecule has 4 rings (SSSR count). The van der Waals surface area contributed by atoms with Crippen LogP contribution in [0.5, 0.6) is 0 Å². The van der Waals surface area contributed by atoms with Gasteiger partial charge in [0.25, 0.3) is 0 Å². The van der Waals surface area contributed by atoms with Gasteiger partial charge in [-0.2, -0.15) is 5.10 Å². The van der Waals surface area contributed by atoms with Crippen molar-refractivity contribution >= 4 is 11.8 Å². The number of carboxylic acids is 1. The lowest BCUT2D eigenvalue weighted by Gasteiger charge is -2.13. The number of hydrogen-bond acceptors (Lipinski definition) is 3. The average Bonchev–Trinajstić information content (AvgIpc) is 3.08. The van der Waals surface area contributed by atoms with Crippen molar-refractivity contribution < 1.29 is 14.7 Å². The summed E-state index contributed by atoms with van der Waals surface area (Å²) < 4.78 is 1.81. The summed E-state index contributed by atoms with van der Waals surface area (Å²) in [5.74, 6) is -0.952. The highest BCUT2D eigenvalue weighted by atomic mass is 16.4. The maximum Gasteiger partial charge on any atom is 0.307 e. The van der Waals surface area contributed by atoms with Crippen molar-refractivity contribution in [2.24, 2.45) is 0 Å². The van der Waals surface area contributed by atoms with Crippen LogP contribution in [0.2, 0.25) is 0 Å². The number of hydrogen-bond donors (Lipinski definition) is 1. The smallest absolute Gasteiger partial charge is 0.307 e. The van der Waals surface area contributed by atoms with Gasteiger partial charge in [0.2, 0.25) is 0 Å². The monoisotopic (exact) mass is 410 g/mol. The van der Waals surface area contributed by atoms with Crippen molar-refractivity contribution in [3.63, 3.8) is 0 Å². The van der Waals surface area contributed by atoms with Gasteiger partial charge in [-0.3, -0.25) is 14.3 Å². The van der Waals surface area contributed by atoms with E-state index in [0.29, 0.717) is 28.9 Å². The first kappa shape index (κ1) is 20.3. The van der Waals surface area contributed by atoms with Crippen molar-refractivity contribution in [2.75, 3.05) is 0 Å². The zero-order chi connectivity index (χ0) is 21.8. The number of carboxylic acid groups (broad SMARTS) is 1. The molecular weight excluding hydrogens is 388 g/mol. The summed E-state index contributed by atoms with van der Waals surface area (Å²) in [6.45, 7) is 2.18. The average molecular weight is 410 g/mol. The number of nitrogens with zero attached hydrogens (tertiary/aromatic N) is 2. The maximum atomic E-state index is 13.1. The number of aliphatic carboxylic acids is 1. The van der Waals surface area contributed by atoms with Gasteiger partial charge in [0, 0.05) is 22.3 Å². The van der Waals surface area contributed by atoms with E-state index in [9.17, 15) is 14.7 Å². The molecule has 0 fully saturated rings. The summed E-state index contributed by atoms with van der Waals surface area (Å²) in [6.07, 6.45) is -0.110. The van der Waals surface area contributed by atoms with Gasteiger partial charge in [-0.1, -0.05) is 84.9 Å². The van der Waals surface area contributed by atoms with Crippen LogP contribution in [0.3, 0.4) is 0 Å². The van der Waals surface area contributed by atoms with Gasteiger partial charge < -0.3 is 5.11 Å². The fourth-order valence-electron chi connectivity index (χ4n) is 3.80. The number of carbonyl (C=O) groups excluding carboxylic acids is 1. The van der Waals surface area contributed by atoms with Gasteiger partial charge in [-0.05, 0) is 12.5 Å². The van der Waals surface area contributed by atoms with E-state index in [1.165, 1.54) is 0 Å². The molecule has 0 amide bonds. The van der Waals surface area contributed by atoms with Gasteiger partial charge in [0.05, 0.1) is 24.4 Å². The molecule has 0 saturated carbocycles. The third kappa shape index (κ3) is 4.31. The van der Waals surface area contributed by atoms with Crippen LogP contribution in [0.4, 0.5) is 0 Å². The van der Waals surface area contributed by atoms with Crippen molar-refractivity contribution in [2.45, 2.75) is 19.9 Å². The first-order valence-electron chi connectivity index (χ1n) is 10.1. The van der Waals surface area contributed by atoms with E-state index in [-0.39, 0.29) is 12.2 Å². The zero-order valence-corrected chi connectivity index (χ0v) is 17.2. The lowest BCUT2D eigenvalue weighted by molar-refractivity contribution is -0.136. The minimum Gasteiger partial charge on any atom is -0.481 e. The van der Waals surface area contributed by atoms with E-state index in [1.807, 2.05) is 79.7 Å². The zero-order valence-electron chi connectivity index (χ0n) is 17.2. The summed E-state index contributed by atoms with van der Waals surface area (Å²) in [7, 11) is 0. The predicted molar refractivity (Wildman–Crippen MR) is 119 cm³/mol. The molecule has 0 aliphatic carbocycles. The van der Waals surface area contributed by atoms with Crippen molar-refractivity contribution in [3.05, 3.63) is 113 Å². The number of benzene rings is 3. The Morgan fingerprint density at radius 1 is 0.871 bits per heavy atom. The number of rotatable bonds is 7. The van der Waals surface area contributed by atoms with Crippen molar-refractivity contribution in [3.8, 4) is 11.3 Å². The van der Waals surface area contributed by atoms with Crippen LogP contribution in [0.15, 0.2) is 84.9 Å². The van der Waals surface area contributed by atoms with E-state index in [2.05, 4.69) is 5.10 Å². The summed E-state index contributed by atoms with van der Waals surface area (Å²) in [5, 5.41) is 14.1. The normalized spacial score (nSPS) is 10.7. The van der Waals surface area contributed by atoms with Crippen LogP contribution in [-0.4, -0.2) is 26.6 Å². The Labute approximate surface area is 180 Å². The first-order valence-corrected chi connectivity index (χ1v) is 10.1. The second-order valence-electron chi connectivity index (χ2n) is 7.36. The molecule has 0 radical (unpaired) electrons. The standard InChI is InChI=1S/C26H22N2O3/c1-18-23(16-24(29)30)25(19-10-4-2-5-11-19)28(27-18)17-21-14-8-9-15-22(21)26(31)20-12-6-3-7-13-20/h2-15H,16-17H2,1H3,(H,29,30). The molecule has 0 bridgehead atoms. The Morgan fingerprint density at radius 2 is 1.48 bits per heavy atom. The van der Waals surface area contributed by atoms with Crippen molar-refractivity contribution in [1.82, 2.24) is 9.78 Å². The minimum absolute atomic E-state index is 0.0490. The second-order valence-corrected chi connectivity index (χ2v) is 7.36. The molecule has 3 aromatic carbocycles. The first-order chi connectivity index (χ1) is 15.0. The molecule has 1 aromatic heterocycles. The molecule has 5 nitrogen and oxygen atoms in total. The predicted octanol–water partition coefficient (Wildman–Crippen LogP) is 4.76.